The van der Waals surface area contributed by atoms with Crippen LogP contribution in [0.15, 0.2) is 29.2 Å². The Balaban J connectivity index is 2.84. The number of primary sulfonamides is 1. The molecule has 1 aromatic rings. The maximum absolute atomic E-state index is 11.0. The number of hydrogen-bond donors (Lipinski definition) is 2. The van der Waals surface area contributed by atoms with Gasteiger partial charge in [-0.3, -0.25) is 0 Å². The fraction of sp³-hybridized carbons (Fsp3) is 0.300. The molecule has 1 atom stereocenters. The Morgan fingerprint density at radius 1 is 1.35 bits per heavy atom. The molecule has 1 unspecified atom stereocenters. The molecule has 0 spiro atoms. The summed E-state index contributed by atoms with van der Waals surface area (Å²) in [5.74, 6) is 0. The topological polar surface area (TPSA) is 98.5 Å². The first-order valence-corrected chi connectivity index (χ1v) is 6.36. The van der Waals surface area contributed by atoms with E-state index in [1.54, 1.807) is 19.1 Å². The van der Waals surface area contributed by atoms with Gasteiger partial charge >= 0.3 is 6.09 Å². The van der Waals surface area contributed by atoms with E-state index in [2.05, 4.69) is 10.1 Å². The normalized spacial score (nSPS) is 12.9. The standard InChI is InChI=1S/C10H14N2O4S/c1-7(12-10(13)16-2)8-3-5-9(6-4-8)17(11,14)15/h3-7H,1-2H3,(H,12,13)(H2,11,14,15). The second kappa shape index (κ2) is 5.15. The van der Waals surface area contributed by atoms with Gasteiger partial charge in [0.15, 0.2) is 0 Å². The number of ether oxygens (including phenoxy) is 1. The molecule has 7 heteroatoms. The highest BCUT2D eigenvalue weighted by Crippen LogP contribution is 2.15. The number of carbonyl (C=O) groups excluding carboxylic acids is 1. The van der Waals surface area contributed by atoms with Crippen LogP contribution in [-0.4, -0.2) is 21.6 Å². The maximum atomic E-state index is 11.0. The van der Waals surface area contributed by atoms with E-state index in [0.29, 0.717) is 0 Å². The third kappa shape index (κ3) is 3.72. The SMILES string of the molecule is COC(=O)NC(C)c1ccc(S(N)(=O)=O)cc1. The number of hydrogen-bond acceptors (Lipinski definition) is 4. The molecule has 0 heterocycles. The molecule has 0 fully saturated rings. The lowest BCUT2D eigenvalue weighted by molar-refractivity contribution is 0.167. The van der Waals surface area contributed by atoms with Crippen molar-refractivity contribution in [1.29, 1.82) is 0 Å². The minimum Gasteiger partial charge on any atom is -0.453 e. The van der Waals surface area contributed by atoms with Crippen LogP contribution in [0.3, 0.4) is 0 Å². The predicted octanol–water partition coefficient (Wildman–Crippen LogP) is 0.751. The number of alkyl carbamates (subject to hydrolysis) is 1. The molecule has 1 rings (SSSR count). The summed E-state index contributed by atoms with van der Waals surface area (Å²) in [5, 5.41) is 7.53. The van der Waals surface area contributed by atoms with Gasteiger partial charge in [-0.15, -0.1) is 0 Å². The Hall–Kier alpha value is -1.60. The molecule has 3 N–H and O–H groups in total. The van der Waals surface area contributed by atoms with Crippen LogP contribution >= 0.6 is 0 Å². The first-order valence-electron chi connectivity index (χ1n) is 4.82. The summed E-state index contributed by atoms with van der Waals surface area (Å²) in [7, 11) is -2.42. The molecule has 0 aliphatic carbocycles. The Morgan fingerprint density at radius 3 is 2.29 bits per heavy atom. The van der Waals surface area contributed by atoms with Crippen molar-refractivity contribution in [3.05, 3.63) is 29.8 Å². The minimum absolute atomic E-state index is 0.0338. The monoisotopic (exact) mass is 258 g/mol. The second-order valence-electron chi connectivity index (χ2n) is 3.47. The molecule has 1 aromatic carbocycles. The molecule has 0 saturated heterocycles. The van der Waals surface area contributed by atoms with Crippen LogP contribution in [0.1, 0.15) is 18.5 Å². The van der Waals surface area contributed by atoms with E-state index < -0.39 is 16.1 Å². The minimum atomic E-state index is -3.69. The molecule has 0 radical (unpaired) electrons. The number of sulfonamides is 1. The first kappa shape index (κ1) is 13.5. The average molecular weight is 258 g/mol. The summed E-state index contributed by atoms with van der Waals surface area (Å²) < 4.78 is 26.5. The highest BCUT2D eigenvalue weighted by Gasteiger charge is 2.11. The van der Waals surface area contributed by atoms with Crippen molar-refractivity contribution < 1.29 is 17.9 Å². The van der Waals surface area contributed by atoms with Crippen LogP contribution < -0.4 is 10.5 Å². The molecular weight excluding hydrogens is 244 g/mol. The van der Waals surface area contributed by atoms with Crippen molar-refractivity contribution in [2.24, 2.45) is 5.14 Å². The van der Waals surface area contributed by atoms with Crippen LogP contribution in [-0.2, 0) is 14.8 Å². The van der Waals surface area contributed by atoms with Gasteiger partial charge in [0.1, 0.15) is 0 Å². The number of nitrogens with one attached hydrogen (secondary N) is 1. The van der Waals surface area contributed by atoms with Gasteiger partial charge in [0.25, 0.3) is 0 Å². The van der Waals surface area contributed by atoms with Crippen LogP contribution in [0.4, 0.5) is 4.79 Å². The van der Waals surface area contributed by atoms with Crippen molar-refractivity contribution >= 4 is 16.1 Å². The van der Waals surface area contributed by atoms with Crippen LogP contribution in [0.5, 0.6) is 0 Å². The van der Waals surface area contributed by atoms with E-state index in [-0.39, 0.29) is 10.9 Å². The zero-order chi connectivity index (χ0) is 13.1. The van der Waals surface area contributed by atoms with E-state index in [1.807, 2.05) is 0 Å². The molecule has 0 saturated carbocycles. The van der Waals surface area contributed by atoms with Crippen LogP contribution in [0.2, 0.25) is 0 Å². The molecule has 6 nitrogen and oxygen atoms in total. The Labute approximate surface area is 99.8 Å². The van der Waals surface area contributed by atoms with E-state index >= 15 is 0 Å². The zero-order valence-corrected chi connectivity index (χ0v) is 10.3. The Morgan fingerprint density at radius 2 is 1.88 bits per heavy atom. The van der Waals surface area contributed by atoms with Gasteiger partial charge < -0.3 is 10.1 Å². The first-order chi connectivity index (χ1) is 7.84. The lowest BCUT2D eigenvalue weighted by Crippen LogP contribution is -2.26. The highest BCUT2D eigenvalue weighted by atomic mass is 32.2. The summed E-state index contributed by atoms with van der Waals surface area (Å²) in [6.07, 6.45) is -0.548. The van der Waals surface area contributed by atoms with Gasteiger partial charge in [0.05, 0.1) is 18.0 Å². The number of nitrogens with two attached hydrogens (primary N) is 1. The van der Waals surface area contributed by atoms with Gasteiger partial charge in [0.2, 0.25) is 10.0 Å². The molecule has 17 heavy (non-hydrogen) atoms. The maximum Gasteiger partial charge on any atom is 0.407 e. The predicted molar refractivity (Wildman–Crippen MR) is 61.8 cm³/mol. The third-order valence-corrected chi connectivity index (χ3v) is 3.16. The van der Waals surface area contributed by atoms with Gasteiger partial charge in [-0.2, -0.15) is 0 Å². The fourth-order valence-corrected chi connectivity index (χ4v) is 1.78. The number of benzene rings is 1. The van der Waals surface area contributed by atoms with Gasteiger partial charge in [-0.05, 0) is 24.6 Å². The van der Waals surface area contributed by atoms with E-state index in [4.69, 9.17) is 5.14 Å². The number of rotatable bonds is 3. The summed E-state index contributed by atoms with van der Waals surface area (Å²) in [5.41, 5.74) is 0.753. The average Bonchev–Trinajstić information content (AvgIpc) is 2.27. The third-order valence-electron chi connectivity index (χ3n) is 2.23. The van der Waals surface area contributed by atoms with Crippen molar-refractivity contribution in [2.75, 3.05) is 7.11 Å². The van der Waals surface area contributed by atoms with E-state index in [0.717, 1.165) is 5.56 Å². The Bertz CT molecular complexity index is 496. The van der Waals surface area contributed by atoms with Gasteiger partial charge in [0, 0.05) is 0 Å². The van der Waals surface area contributed by atoms with Gasteiger partial charge in [-0.1, -0.05) is 12.1 Å². The second-order valence-corrected chi connectivity index (χ2v) is 5.03. The molecule has 0 aromatic heterocycles. The lowest BCUT2D eigenvalue weighted by atomic mass is 10.1. The lowest BCUT2D eigenvalue weighted by Gasteiger charge is -2.13. The van der Waals surface area contributed by atoms with Crippen LogP contribution in [0.25, 0.3) is 0 Å². The quantitative estimate of drug-likeness (QED) is 0.835. The zero-order valence-electron chi connectivity index (χ0n) is 9.51. The fourth-order valence-electron chi connectivity index (χ4n) is 1.27. The molecule has 94 valence electrons. The van der Waals surface area contributed by atoms with Crippen molar-refractivity contribution in [1.82, 2.24) is 5.32 Å². The Kier molecular flexibility index (Phi) is 4.08. The molecule has 0 aliphatic rings. The molecular formula is C10H14N2O4S. The number of methoxy groups -OCH3 is 1. The summed E-state index contributed by atoms with van der Waals surface area (Å²) >= 11 is 0. The highest BCUT2D eigenvalue weighted by molar-refractivity contribution is 7.89. The number of amides is 1. The van der Waals surface area contributed by atoms with Crippen molar-refractivity contribution in [3.8, 4) is 0 Å². The summed E-state index contributed by atoms with van der Waals surface area (Å²) in [6.45, 7) is 1.75. The van der Waals surface area contributed by atoms with E-state index in [1.165, 1.54) is 19.2 Å². The summed E-state index contributed by atoms with van der Waals surface area (Å²) in [4.78, 5) is 11.0. The molecule has 0 bridgehead atoms. The molecule has 0 aliphatic heterocycles. The summed E-state index contributed by atoms with van der Waals surface area (Å²) in [6, 6.07) is 5.66. The van der Waals surface area contributed by atoms with Gasteiger partial charge in [-0.25, -0.2) is 18.4 Å². The van der Waals surface area contributed by atoms with Crippen LogP contribution in [0, 0.1) is 0 Å². The van der Waals surface area contributed by atoms with Crippen molar-refractivity contribution in [2.45, 2.75) is 17.9 Å². The molecule has 1 amide bonds. The smallest absolute Gasteiger partial charge is 0.407 e. The largest absolute Gasteiger partial charge is 0.453 e. The van der Waals surface area contributed by atoms with Crippen molar-refractivity contribution in [3.63, 3.8) is 0 Å². The number of carbonyl (C=O) groups is 1. The van der Waals surface area contributed by atoms with E-state index in [9.17, 15) is 13.2 Å².